The number of hydrogen-bond acceptors (Lipinski definition) is 5. The Morgan fingerprint density at radius 2 is 1.93 bits per heavy atom. The van der Waals surface area contributed by atoms with Crippen molar-refractivity contribution < 1.29 is 9.53 Å². The Hall–Kier alpha value is -3.22. The molecule has 0 spiro atoms. The number of carbonyl (C=O) groups excluding carboxylic acids is 1. The summed E-state index contributed by atoms with van der Waals surface area (Å²) in [6.07, 6.45) is 6.75. The fourth-order valence-electron chi connectivity index (χ4n) is 3.67. The van der Waals surface area contributed by atoms with Crippen LogP contribution in [0.3, 0.4) is 0 Å². The van der Waals surface area contributed by atoms with Gasteiger partial charge in [-0.3, -0.25) is 14.2 Å². The van der Waals surface area contributed by atoms with Crippen LogP contribution in [0.25, 0.3) is 10.9 Å². The van der Waals surface area contributed by atoms with Gasteiger partial charge >= 0.3 is 0 Å². The smallest absolute Gasteiger partial charge is 0.261 e. The second-order valence-corrected chi connectivity index (χ2v) is 7.53. The number of nitrogens with zero attached hydrogens (tertiary/aromatic N) is 3. The maximum absolute atomic E-state index is 12.5. The van der Waals surface area contributed by atoms with Crippen molar-refractivity contribution in [3.05, 3.63) is 64.8 Å². The number of fused-ring (bicyclic) bond motifs is 1. The molecule has 7 heteroatoms. The molecule has 3 aromatic rings. The molecule has 1 fully saturated rings. The van der Waals surface area contributed by atoms with Crippen molar-refractivity contribution in [1.29, 1.82) is 0 Å². The van der Waals surface area contributed by atoms with Crippen molar-refractivity contribution in [2.75, 3.05) is 0 Å². The first kappa shape index (κ1) is 19.1. The van der Waals surface area contributed by atoms with Gasteiger partial charge in [-0.25, -0.2) is 9.97 Å². The lowest BCUT2D eigenvalue weighted by molar-refractivity contribution is -0.122. The van der Waals surface area contributed by atoms with E-state index in [9.17, 15) is 9.59 Å². The number of aromatic nitrogens is 3. The van der Waals surface area contributed by atoms with Gasteiger partial charge in [0.2, 0.25) is 11.8 Å². The normalized spacial score (nSPS) is 19.1. The van der Waals surface area contributed by atoms with Crippen LogP contribution in [-0.4, -0.2) is 32.6 Å². The molecule has 150 valence electrons. The lowest BCUT2D eigenvalue weighted by atomic mass is 9.93. The molecule has 1 aliphatic rings. The molecule has 0 saturated heterocycles. The molecule has 4 rings (SSSR count). The second-order valence-electron chi connectivity index (χ2n) is 7.53. The highest BCUT2D eigenvalue weighted by molar-refractivity contribution is 5.79. The van der Waals surface area contributed by atoms with Crippen LogP contribution < -0.4 is 15.6 Å². The molecule has 1 saturated carbocycles. The average Bonchev–Trinajstić information content (AvgIpc) is 2.73. The standard InChI is InChI=1S/C22H24N4O3/c1-15-6-11-21(23-12-15)29-17-9-7-16(8-10-17)25-20(27)13-26-14-24-19-5-3-2-4-18(19)22(26)28/h2-6,11-12,14,16-17H,7-10,13H2,1H3,(H,25,27). The zero-order valence-electron chi connectivity index (χ0n) is 16.4. The van der Waals surface area contributed by atoms with E-state index in [1.165, 1.54) is 10.9 Å². The first-order chi connectivity index (χ1) is 14.1. The van der Waals surface area contributed by atoms with Gasteiger partial charge in [0, 0.05) is 18.3 Å². The minimum absolute atomic E-state index is 0.0274. The van der Waals surface area contributed by atoms with Gasteiger partial charge in [0.05, 0.1) is 17.2 Å². The van der Waals surface area contributed by atoms with Crippen molar-refractivity contribution >= 4 is 16.8 Å². The van der Waals surface area contributed by atoms with Gasteiger partial charge < -0.3 is 10.1 Å². The summed E-state index contributed by atoms with van der Waals surface area (Å²) in [6, 6.07) is 11.1. The summed E-state index contributed by atoms with van der Waals surface area (Å²) in [5.74, 6) is 0.472. The summed E-state index contributed by atoms with van der Waals surface area (Å²) < 4.78 is 7.29. The van der Waals surface area contributed by atoms with E-state index in [1.54, 1.807) is 24.4 Å². The number of amides is 1. The molecule has 1 amide bonds. The number of para-hydroxylation sites is 1. The zero-order valence-corrected chi connectivity index (χ0v) is 16.4. The topological polar surface area (TPSA) is 86.1 Å². The van der Waals surface area contributed by atoms with Crippen LogP contribution in [0, 0.1) is 6.92 Å². The van der Waals surface area contributed by atoms with E-state index in [-0.39, 0.29) is 30.2 Å². The molecule has 2 heterocycles. The number of rotatable bonds is 5. The first-order valence-electron chi connectivity index (χ1n) is 9.91. The van der Waals surface area contributed by atoms with Crippen LogP contribution >= 0.6 is 0 Å². The Balaban J connectivity index is 1.29. The van der Waals surface area contributed by atoms with E-state index >= 15 is 0 Å². The predicted molar refractivity (Wildman–Crippen MR) is 110 cm³/mol. The summed E-state index contributed by atoms with van der Waals surface area (Å²) in [5, 5.41) is 3.56. The number of hydrogen-bond donors (Lipinski definition) is 1. The number of aryl methyl sites for hydroxylation is 1. The van der Waals surface area contributed by atoms with Crippen molar-refractivity contribution in [3.8, 4) is 5.88 Å². The molecule has 0 radical (unpaired) electrons. The van der Waals surface area contributed by atoms with Crippen LogP contribution in [0.5, 0.6) is 5.88 Å². The Bertz CT molecular complexity index is 1050. The van der Waals surface area contributed by atoms with Gasteiger partial charge in [-0.05, 0) is 50.3 Å². The number of ether oxygens (including phenoxy) is 1. The monoisotopic (exact) mass is 392 g/mol. The second kappa shape index (κ2) is 8.43. The van der Waals surface area contributed by atoms with Crippen molar-refractivity contribution in [2.24, 2.45) is 0 Å². The van der Waals surface area contributed by atoms with E-state index in [0.29, 0.717) is 16.8 Å². The fourth-order valence-corrected chi connectivity index (χ4v) is 3.67. The average molecular weight is 392 g/mol. The number of carbonyl (C=O) groups is 1. The molecule has 0 bridgehead atoms. The van der Waals surface area contributed by atoms with Gasteiger partial charge in [-0.15, -0.1) is 0 Å². The molecular formula is C22H24N4O3. The van der Waals surface area contributed by atoms with Crippen molar-refractivity contribution in [3.63, 3.8) is 0 Å². The van der Waals surface area contributed by atoms with Crippen LogP contribution in [0.1, 0.15) is 31.2 Å². The molecule has 0 aliphatic heterocycles. The van der Waals surface area contributed by atoms with E-state index in [4.69, 9.17) is 4.74 Å². The summed E-state index contributed by atoms with van der Waals surface area (Å²) in [4.78, 5) is 33.5. The lowest BCUT2D eigenvalue weighted by Gasteiger charge is -2.29. The third-order valence-electron chi connectivity index (χ3n) is 5.26. The first-order valence-corrected chi connectivity index (χ1v) is 9.91. The van der Waals surface area contributed by atoms with Gasteiger partial charge in [0.1, 0.15) is 12.6 Å². The van der Waals surface area contributed by atoms with Gasteiger partial charge in [0.25, 0.3) is 5.56 Å². The predicted octanol–water partition coefficient (Wildman–Crippen LogP) is 2.61. The zero-order chi connectivity index (χ0) is 20.2. The van der Waals surface area contributed by atoms with Crippen LogP contribution in [0.2, 0.25) is 0 Å². The fraction of sp³-hybridized carbons (Fsp3) is 0.364. The minimum atomic E-state index is -0.201. The van der Waals surface area contributed by atoms with Gasteiger partial charge in [-0.2, -0.15) is 0 Å². The SMILES string of the molecule is Cc1ccc(OC2CCC(NC(=O)Cn3cnc4ccccc4c3=O)CC2)nc1. The van der Waals surface area contributed by atoms with E-state index in [1.807, 2.05) is 25.1 Å². The molecule has 7 nitrogen and oxygen atoms in total. The summed E-state index contributed by atoms with van der Waals surface area (Å²) >= 11 is 0. The highest BCUT2D eigenvalue weighted by atomic mass is 16.5. The quantitative estimate of drug-likeness (QED) is 0.721. The maximum atomic E-state index is 12.5. The molecule has 2 aromatic heterocycles. The molecule has 1 aromatic carbocycles. The minimum Gasteiger partial charge on any atom is -0.474 e. The summed E-state index contributed by atoms with van der Waals surface area (Å²) in [6.45, 7) is 1.97. The van der Waals surface area contributed by atoms with Gasteiger partial charge in [-0.1, -0.05) is 18.2 Å². The molecular weight excluding hydrogens is 368 g/mol. The largest absolute Gasteiger partial charge is 0.474 e. The Morgan fingerprint density at radius 3 is 2.69 bits per heavy atom. The van der Waals surface area contributed by atoms with Crippen molar-refractivity contribution in [1.82, 2.24) is 19.9 Å². The lowest BCUT2D eigenvalue weighted by Crippen LogP contribution is -2.42. The number of nitrogens with one attached hydrogen (secondary N) is 1. The van der Waals surface area contributed by atoms with Crippen LogP contribution in [-0.2, 0) is 11.3 Å². The van der Waals surface area contributed by atoms with E-state index in [0.717, 1.165) is 31.2 Å². The molecule has 0 unspecified atom stereocenters. The molecule has 0 atom stereocenters. The highest BCUT2D eigenvalue weighted by Gasteiger charge is 2.24. The molecule has 1 aliphatic carbocycles. The Morgan fingerprint density at radius 1 is 1.14 bits per heavy atom. The van der Waals surface area contributed by atoms with Gasteiger partial charge in [0.15, 0.2) is 0 Å². The number of pyridine rings is 1. The number of benzene rings is 1. The van der Waals surface area contributed by atoms with Crippen molar-refractivity contribution in [2.45, 2.75) is 51.3 Å². The summed E-state index contributed by atoms with van der Waals surface area (Å²) in [7, 11) is 0. The Kier molecular flexibility index (Phi) is 5.55. The third kappa shape index (κ3) is 4.62. The van der Waals surface area contributed by atoms with Crippen LogP contribution in [0.15, 0.2) is 53.7 Å². The van der Waals surface area contributed by atoms with E-state index < -0.39 is 0 Å². The van der Waals surface area contributed by atoms with Crippen LogP contribution in [0.4, 0.5) is 0 Å². The third-order valence-corrected chi connectivity index (χ3v) is 5.26. The maximum Gasteiger partial charge on any atom is 0.261 e. The summed E-state index contributed by atoms with van der Waals surface area (Å²) in [5.41, 5.74) is 1.54. The van der Waals surface area contributed by atoms with E-state index in [2.05, 4.69) is 15.3 Å². The molecule has 29 heavy (non-hydrogen) atoms. The molecule has 1 N–H and O–H groups in total. The Labute approximate surface area is 168 Å². The highest BCUT2D eigenvalue weighted by Crippen LogP contribution is 2.23.